The molecule has 27 heavy (non-hydrogen) atoms. The van der Waals surface area contributed by atoms with Crippen LogP contribution in [0.1, 0.15) is 43.2 Å². The van der Waals surface area contributed by atoms with E-state index in [9.17, 15) is 5.26 Å². The molecule has 2 fully saturated rings. The molecule has 2 atom stereocenters. The molecule has 0 aliphatic carbocycles. The largest absolute Gasteiger partial charge is 1.00 e. The van der Waals surface area contributed by atoms with Crippen LogP contribution >= 0.6 is 0 Å². The van der Waals surface area contributed by atoms with Crippen molar-refractivity contribution in [3.63, 3.8) is 0 Å². The van der Waals surface area contributed by atoms with E-state index in [1.807, 2.05) is 12.1 Å². The summed E-state index contributed by atoms with van der Waals surface area (Å²) >= 11 is 0. The summed E-state index contributed by atoms with van der Waals surface area (Å²) in [5.41, 5.74) is 1.74. The Balaban J connectivity index is 0.00000210. The fourth-order valence-corrected chi connectivity index (χ4v) is 5.62. The first-order valence-electron chi connectivity index (χ1n) is 9.92. The molecule has 0 aromatic heterocycles. The van der Waals surface area contributed by atoms with Crippen LogP contribution in [0.4, 0.5) is 0 Å². The maximum Gasteiger partial charge on any atom is 0.107 e. The minimum atomic E-state index is -0.541. The van der Waals surface area contributed by atoms with Gasteiger partial charge < -0.3 is 21.5 Å². The average Bonchev–Trinajstić information content (AvgIpc) is 2.85. The van der Waals surface area contributed by atoms with Gasteiger partial charge in [-0.25, -0.2) is 0 Å². The van der Waals surface area contributed by atoms with Crippen LogP contribution in [0.3, 0.4) is 0 Å². The van der Waals surface area contributed by atoms with Crippen LogP contribution in [0.2, 0.25) is 0 Å². The summed E-state index contributed by atoms with van der Waals surface area (Å²) in [6.07, 6.45) is 6.15. The molecule has 142 valence electrons. The van der Waals surface area contributed by atoms with Gasteiger partial charge in [-0.3, -0.25) is 0 Å². The zero-order valence-electron chi connectivity index (χ0n) is 16.3. The number of benzene rings is 2. The molecular formula is C24H29BrN2. The Morgan fingerprint density at radius 3 is 1.74 bits per heavy atom. The van der Waals surface area contributed by atoms with Crippen LogP contribution in [0.25, 0.3) is 0 Å². The van der Waals surface area contributed by atoms with Crippen LogP contribution in [-0.4, -0.2) is 30.7 Å². The topological polar surface area (TPSA) is 23.8 Å². The van der Waals surface area contributed by atoms with Crippen LogP contribution in [-0.2, 0) is 5.41 Å². The summed E-state index contributed by atoms with van der Waals surface area (Å²) in [6, 6.07) is 25.2. The molecule has 2 bridgehead atoms. The summed E-state index contributed by atoms with van der Waals surface area (Å²) in [5.74, 6) is 0.624. The van der Waals surface area contributed by atoms with E-state index in [1.165, 1.54) is 30.2 Å². The second-order valence-electron chi connectivity index (χ2n) is 8.80. The lowest BCUT2D eigenvalue weighted by atomic mass is 9.67. The lowest BCUT2D eigenvalue weighted by Crippen LogP contribution is -3.00. The zero-order chi connectivity index (χ0) is 18.2. The fraction of sp³-hybridized carbons (Fsp3) is 0.458. The van der Waals surface area contributed by atoms with Crippen molar-refractivity contribution in [2.24, 2.45) is 5.92 Å². The highest BCUT2D eigenvalue weighted by molar-refractivity contribution is 5.45. The molecular weight excluding hydrogens is 396 g/mol. The molecule has 4 rings (SSSR count). The van der Waals surface area contributed by atoms with Crippen molar-refractivity contribution < 1.29 is 21.5 Å². The van der Waals surface area contributed by atoms with E-state index in [1.54, 1.807) is 0 Å². The molecule has 2 nitrogen and oxygen atoms in total. The molecule has 2 aliphatic heterocycles. The molecule has 2 aromatic carbocycles. The van der Waals surface area contributed by atoms with Gasteiger partial charge in [0.1, 0.15) is 5.41 Å². The number of halogens is 1. The van der Waals surface area contributed by atoms with Crippen LogP contribution < -0.4 is 17.0 Å². The van der Waals surface area contributed by atoms with Gasteiger partial charge in [0.25, 0.3) is 0 Å². The highest BCUT2D eigenvalue weighted by atomic mass is 79.9. The SMILES string of the molecule is C[N+]1(C)C2CCC1CC(CC(C#N)(c1ccccc1)c1ccccc1)C2.[Br-]. The Morgan fingerprint density at radius 1 is 0.889 bits per heavy atom. The standard InChI is InChI=1S/C24H29N2.BrH/c1-26(2)22-13-14-23(26)16-19(15-22)17-24(18-25,20-9-5-3-6-10-20)21-11-7-4-8-12-21;/h3-12,19,22-23H,13-17H2,1-2H3;1H/q+1;/p-1. The monoisotopic (exact) mass is 424 g/mol. The van der Waals surface area contributed by atoms with Gasteiger partial charge in [-0.05, 0) is 23.5 Å². The van der Waals surface area contributed by atoms with E-state index >= 15 is 0 Å². The highest BCUT2D eigenvalue weighted by Crippen LogP contribution is 2.47. The van der Waals surface area contributed by atoms with E-state index in [0.717, 1.165) is 29.6 Å². The molecule has 2 aromatic rings. The summed E-state index contributed by atoms with van der Waals surface area (Å²) < 4.78 is 1.19. The Bertz CT molecular complexity index is 739. The number of nitrogens with zero attached hydrogens (tertiary/aromatic N) is 2. The van der Waals surface area contributed by atoms with Crippen LogP contribution in [0, 0.1) is 17.2 Å². The third-order valence-corrected chi connectivity index (χ3v) is 7.25. The van der Waals surface area contributed by atoms with E-state index < -0.39 is 5.41 Å². The fourth-order valence-electron chi connectivity index (χ4n) is 5.62. The van der Waals surface area contributed by atoms with Gasteiger partial charge in [-0.15, -0.1) is 0 Å². The van der Waals surface area contributed by atoms with Crippen molar-refractivity contribution in [3.05, 3.63) is 71.8 Å². The molecule has 0 N–H and O–H groups in total. The zero-order valence-corrected chi connectivity index (χ0v) is 17.9. The Morgan fingerprint density at radius 2 is 1.33 bits per heavy atom. The molecule has 2 unspecified atom stereocenters. The predicted octanol–water partition coefficient (Wildman–Crippen LogP) is 1.91. The van der Waals surface area contributed by atoms with Crippen molar-refractivity contribution >= 4 is 0 Å². The van der Waals surface area contributed by atoms with Gasteiger partial charge in [0, 0.05) is 25.7 Å². The van der Waals surface area contributed by atoms with E-state index in [2.05, 4.69) is 68.7 Å². The molecule has 2 aliphatic rings. The second kappa shape index (κ2) is 7.78. The highest BCUT2D eigenvalue weighted by Gasteiger charge is 2.50. The molecule has 0 spiro atoms. The maximum atomic E-state index is 10.4. The quantitative estimate of drug-likeness (QED) is 0.687. The summed E-state index contributed by atoms with van der Waals surface area (Å²) in [6.45, 7) is 0. The first-order valence-corrected chi connectivity index (χ1v) is 9.92. The van der Waals surface area contributed by atoms with Gasteiger partial charge in [0.2, 0.25) is 0 Å². The van der Waals surface area contributed by atoms with E-state index in [4.69, 9.17) is 0 Å². The number of quaternary nitrogens is 1. The van der Waals surface area contributed by atoms with Crippen molar-refractivity contribution in [2.75, 3.05) is 14.1 Å². The lowest BCUT2D eigenvalue weighted by molar-refractivity contribution is -0.931. The van der Waals surface area contributed by atoms with Gasteiger partial charge >= 0.3 is 0 Å². The number of nitriles is 1. The predicted molar refractivity (Wildman–Crippen MR) is 106 cm³/mol. The normalized spacial score (nSPS) is 26.0. The summed E-state index contributed by atoms with van der Waals surface area (Å²) in [7, 11) is 4.81. The van der Waals surface area contributed by atoms with E-state index in [-0.39, 0.29) is 17.0 Å². The summed E-state index contributed by atoms with van der Waals surface area (Å²) in [4.78, 5) is 0. The lowest BCUT2D eigenvalue weighted by Gasteiger charge is -2.45. The van der Waals surface area contributed by atoms with Crippen molar-refractivity contribution in [3.8, 4) is 6.07 Å². The minimum Gasteiger partial charge on any atom is -1.00 e. The van der Waals surface area contributed by atoms with Crippen molar-refractivity contribution in [1.82, 2.24) is 0 Å². The molecule has 0 amide bonds. The van der Waals surface area contributed by atoms with Crippen molar-refractivity contribution in [1.29, 1.82) is 5.26 Å². The molecule has 0 radical (unpaired) electrons. The molecule has 2 heterocycles. The Hall–Kier alpha value is -1.63. The summed E-state index contributed by atoms with van der Waals surface area (Å²) in [5, 5.41) is 10.4. The number of hydrogen-bond acceptors (Lipinski definition) is 1. The molecule has 3 heteroatoms. The van der Waals surface area contributed by atoms with Crippen molar-refractivity contribution in [2.45, 2.75) is 49.6 Å². The average molecular weight is 425 g/mol. The first kappa shape index (κ1) is 20.1. The van der Waals surface area contributed by atoms with E-state index in [0.29, 0.717) is 5.92 Å². The number of hydrogen-bond donors (Lipinski definition) is 0. The Labute approximate surface area is 174 Å². The van der Waals surface area contributed by atoms with Gasteiger partial charge in [0.15, 0.2) is 0 Å². The van der Waals surface area contributed by atoms with Crippen LogP contribution in [0.15, 0.2) is 60.7 Å². The number of piperidine rings is 1. The van der Waals surface area contributed by atoms with Gasteiger partial charge in [0.05, 0.1) is 32.2 Å². The van der Waals surface area contributed by atoms with Gasteiger partial charge in [-0.1, -0.05) is 60.7 Å². The second-order valence-corrected chi connectivity index (χ2v) is 8.80. The number of rotatable bonds is 4. The third-order valence-electron chi connectivity index (χ3n) is 7.25. The number of fused-ring (bicyclic) bond motifs is 2. The first-order chi connectivity index (χ1) is 12.6. The van der Waals surface area contributed by atoms with Gasteiger partial charge in [-0.2, -0.15) is 5.26 Å². The smallest absolute Gasteiger partial charge is 0.107 e. The Kier molecular flexibility index (Phi) is 5.79. The molecule has 2 saturated heterocycles. The minimum absolute atomic E-state index is 0. The molecule has 0 saturated carbocycles. The third kappa shape index (κ3) is 3.46. The van der Waals surface area contributed by atoms with Crippen LogP contribution in [0.5, 0.6) is 0 Å². The maximum absolute atomic E-state index is 10.4.